The zero-order valence-corrected chi connectivity index (χ0v) is 13.3. The van der Waals surface area contributed by atoms with E-state index in [9.17, 15) is 10.1 Å². The van der Waals surface area contributed by atoms with E-state index >= 15 is 0 Å². The number of carbonyl (C=O) groups is 1. The van der Waals surface area contributed by atoms with Crippen molar-refractivity contribution in [2.75, 3.05) is 11.9 Å². The lowest BCUT2D eigenvalue weighted by molar-refractivity contribution is 0.103. The number of carbonyl (C=O) groups excluding carboxylic acids is 1. The van der Waals surface area contributed by atoms with Crippen LogP contribution in [0.3, 0.4) is 0 Å². The SMILES string of the molecule is CCc1ccsc1C(=O)Nc1sc2c(c1C#N)CCNC2. The van der Waals surface area contributed by atoms with E-state index in [1.54, 1.807) is 0 Å². The van der Waals surface area contributed by atoms with E-state index in [2.05, 4.69) is 16.7 Å². The maximum atomic E-state index is 12.4. The Morgan fingerprint density at radius 3 is 3.19 bits per heavy atom. The molecule has 1 aliphatic rings. The summed E-state index contributed by atoms with van der Waals surface area (Å²) in [6, 6.07) is 4.23. The van der Waals surface area contributed by atoms with Crippen molar-refractivity contribution in [1.29, 1.82) is 5.26 Å². The van der Waals surface area contributed by atoms with Gasteiger partial charge in [0.05, 0.1) is 10.4 Å². The Bertz CT molecular complexity index is 724. The van der Waals surface area contributed by atoms with Crippen LogP contribution in [0.2, 0.25) is 0 Å². The van der Waals surface area contributed by atoms with E-state index in [-0.39, 0.29) is 5.91 Å². The third-order valence-corrected chi connectivity index (χ3v) is 5.70. The van der Waals surface area contributed by atoms with Crippen LogP contribution in [-0.2, 0) is 19.4 Å². The molecule has 0 saturated carbocycles. The van der Waals surface area contributed by atoms with Crippen LogP contribution in [-0.4, -0.2) is 12.5 Å². The molecule has 0 fully saturated rings. The van der Waals surface area contributed by atoms with Crippen molar-refractivity contribution in [3.8, 4) is 6.07 Å². The second-order valence-corrected chi connectivity index (χ2v) is 6.85. The average Bonchev–Trinajstić information content (AvgIpc) is 3.10. The zero-order chi connectivity index (χ0) is 14.8. The smallest absolute Gasteiger partial charge is 0.266 e. The van der Waals surface area contributed by atoms with E-state index in [0.29, 0.717) is 10.6 Å². The first-order valence-corrected chi connectivity index (χ1v) is 8.57. The van der Waals surface area contributed by atoms with Gasteiger partial charge in [0.1, 0.15) is 11.1 Å². The highest BCUT2D eigenvalue weighted by molar-refractivity contribution is 7.17. The maximum Gasteiger partial charge on any atom is 0.266 e. The minimum absolute atomic E-state index is 0.107. The molecule has 0 atom stereocenters. The number of rotatable bonds is 3. The van der Waals surface area contributed by atoms with Gasteiger partial charge in [0.15, 0.2) is 0 Å². The van der Waals surface area contributed by atoms with E-state index in [4.69, 9.17) is 0 Å². The number of fused-ring (bicyclic) bond motifs is 1. The molecule has 1 amide bonds. The monoisotopic (exact) mass is 317 g/mol. The molecule has 0 unspecified atom stereocenters. The van der Waals surface area contributed by atoms with Crippen LogP contribution in [0.15, 0.2) is 11.4 Å². The molecule has 0 aromatic carbocycles. The fourth-order valence-corrected chi connectivity index (χ4v) is 4.57. The first-order chi connectivity index (χ1) is 10.2. The Morgan fingerprint density at radius 1 is 1.57 bits per heavy atom. The number of nitrogens with one attached hydrogen (secondary N) is 2. The molecule has 2 aromatic heterocycles. The Morgan fingerprint density at radius 2 is 2.43 bits per heavy atom. The van der Waals surface area contributed by atoms with Crippen LogP contribution in [0.25, 0.3) is 0 Å². The molecular weight excluding hydrogens is 302 g/mol. The van der Waals surface area contributed by atoms with Gasteiger partial charge in [0, 0.05) is 11.4 Å². The van der Waals surface area contributed by atoms with Gasteiger partial charge in [-0.3, -0.25) is 4.79 Å². The lowest BCUT2D eigenvalue weighted by atomic mass is 10.1. The number of nitrogens with zero attached hydrogens (tertiary/aromatic N) is 1. The number of amides is 1. The van der Waals surface area contributed by atoms with Gasteiger partial charge >= 0.3 is 0 Å². The lowest BCUT2D eigenvalue weighted by Crippen LogP contribution is -2.22. The fraction of sp³-hybridized carbons (Fsp3) is 0.333. The van der Waals surface area contributed by atoms with Gasteiger partial charge in [-0.05, 0) is 42.0 Å². The summed E-state index contributed by atoms with van der Waals surface area (Å²) in [6.07, 6.45) is 1.69. The molecule has 108 valence electrons. The van der Waals surface area contributed by atoms with E-state index < -0.39 is 0 Å². The predicted molar refractivity (Wildman–Crippen MR) is 86.1 cm³/mol. The van der Waals surface area contributed by atoms with Gasteiger partial charge in [-0.1, -0.05) is 6.92 Å². The van der Waals surface area contributed by atoms with Crippen molar-refractivity contribution < 1.29 is 4.79 Å². The summed E-state index contributed by atoms with van der Waals surface area (Å²) in [5.74, 6) is -0.107. The summed E-state index contributed by atoms with van der Waals surface area (Å²) in [5, 5.41) is 18.2. The van der Waals surface area contributed by atoms with Gasteiger partial charge in [-0.2, -0.15) is 5.26 Å². The first kappa shape index (κ1) is 14.3. The molecule has 0 spiro atoms. The first-order valence-electron chi connectivity index (χ1n) is 6.87. The number of hydrogen-bond acceptors (Lipinski definition) is 5. The van der Waals surface area contributed by atoms with Crippen molar-refractivity contribution >= 4 is 33.6 Å². The van der Waals surface area contributed by atoms with Crippen molar-refractivity contribution in [2.45, 2.75) is 26.3 Å². The van der Waals surface area contributed by atoms with Crippen molar-refractivity contribution in [3.63, 3.8) is 0 Å². The molecule has 21 heavy (non-hydrogen) atoms. The molecule has 4 nitrogen and oxygen atoms in total. The molecule has 0 bridgehead atoms. The summed E-state index contributed by atoms with van der Waals surface area (Å²) in [7, 11) is 0. The van der Waals surface area contributed by atoms with Crippen molar-refractivity contribution in [1.82, 2.24) is 5.32 Å². The minimum Gasteiger partial charge on any atom is -0.312 e. The summed E-state index contributed by atoms with van der Waals surface area (Å²) < 4.78 is 0. The average molecular weight is 317 g/mol. The van der Waals surface area contributed by atoms with Crippen LogP contribution < -0.4 is 10.6 Å². The lowest BCUT2D eigenvalue weighted by Gasteiger charge is -2.11. The molecule has 2 N–H and O–H groups in total. The third kappa shape index (κ3) is 2.60. The summed E-state index contributed by atoms with van der Waals surface area (Å²) in [4.78, 5) is 14.3. The quantitative estimate of drug-likeness (QED) is 0.914. The minimum atomic E-state index is -0.107. The Hall–Kier alpha value is -1.68. The van der Waals surface area contributed by atoms with Crippen LogP contribution in [0.5, 0.6) is 0 Å². The van der Waals surface area contributed by atoms with Gasteiger partial charge in [-0.25, -0.2) is 0 Å². The van der Waals surface area contributed by atoms with Crippen LogP contribution in [0, 0.1) is 11.3 Å². The van der Waals surface area contributed by atoms with Crippen LogP contribution in [0.1, 0.15) is 38.2 Å². The summed E-state index contributed by atoms with van der Waals surface area (Å²) in [5.41, 5.74) is 2.79. The number of thiophene rings is 2. The Kier molecular flexibility index (Phi) is 4.06. The summed E-state index contributed by atoms with van der Waals surface area (Å²) in [6.45, 7) is 3.70. The molecule has 0 radical (unpaired) electrons. The zero-order valence-electron chi connectivity index (χ0n) is 11.7. The highest BCUT2D eigenvalue weighted by atomic mass is 32.1. The molecule has 6 heteroatoms. The molecule has 3 rings (SSSR count). The molecule has 1 aliphatic heterocycles. The van der Waals surface area contributed by atoms with Crippen LogP contribution >= 0.6 is 22.7 Å². The van der Waals surface area contributed by atoms with Crippen molar-refractivity contribution in [2.24, 2.45) is 0 Å². The van der Waals surface area contributed by atoms with Gasteiger partial charge < -0.3 is 10.6 Å². The Labute approximate surface area is 131 Å². The fourth-order valence-electron chi connectivity index (χ4n) is 2.51. The number of aryl methyl sites for hydroxylation is 1. The molecule has 0 aliphatic carbocycles. The second kappa shape index (κ2) is 5.98. The maximum absolute atomic E-state index is 12.4. The molecular formula is C15H15N3OS2. The van der Waals surface area contributed by atoms with Gasteiger partial charge in [0.25, 0.3) is 5.91 Å². The van der Waals surface area contributed by atoms with Crippen molar-refractivity contribution in [3.05, 3.63) is 37.9 Å². The number of hydrogen-bond donors (Lipinski definition) is 2. The topological polar surface area (TPSA) is 64.9 Å². The van der Waals surface area contributed by atoms with Crippen LogP contribution in [0.4, 0.5) is 5.00 Å². The molecule has 3 heterocycles. The summed E-state index contributed by atoms with van der Waals surface area (Å²) >= 11 is 2.96. The van der Waals surface area contributed by atoms with E-state index in [0.717, 1.165) is 46.8 Å². The van der Waals surface area contributed by atoms with Gasteiger partial charge in [0.2, 0.25) is 0 Å². The highest BCUT2D eigenvalue weighted by Crippen LogP contribution is 2.35. The highest BCUT2D eigenvalue weighted by Gasteiger charge is 2.22. The van der Waals surface area contributed by atoms with Gasteiger partial charge in [-0.15, -0.1) is 22.7 Å². The van der Waals surface area contributed by atoms with E-state index in [1.807, 2.05) is 18.4 Å². The normalized spacial score (nSPS) is 13.5. The third-order valence-electron chi connectivity index (χ3n) is 3.60. The number of nitriles is 1. The van der Waals surface area contributed by atoms with E-state index in [1.165, 1.54) is 22.7 Å². The standard InChI is InChI=1S/C15H15N3OS2/c1-2-9-4-6-20-13(9)14(19)18-15-11(7-16)10-3-5-17-8-12(10)21-15/h4,6,17H,2-3,5,8H2,1H3,(H,18,19). The second-order valence-electron chi connectivity index (χ2n) is 4.83. The molecule has 2 aromatic rings. The Balaban J connectivity index is 1.90. The largest absolute Gasteiger partial charge is 0.312 e. The number of anilines is 1. The molecule has 0 saturated heterocycles. The predicted octanol–water partition coefficient (Wildman–Crippen LogP) is 3.14.